The Hall–Kier alpha value is -1.79. The summed E-state index contributed by atoms with van der Waals surface area (Å²) in [6.07, 6.45) is 0.242. The van der Waals surface area contributed by atoms with Crippen LogP contribution in [0.3, 0.4) is 0 Å². The van der Waals surface area contributed by atoms with E-state index >= 15 is 0 Å². The summed E-state index contributed by atoms with van der Waals surface area (Å²) in [5.41, 5.74) is 4.12. The molecule has 0 aromatic heterocycles. The van der Waals surface area contributed by atoms with E-state index < -0.39 is 0 Å². The minimum Gasteiger partial charge on any atom is -0.355 e. The summed E-state index contributed by atoms with van der Waals surface area (Å²) >= 11 is 4.91. The number of aryl methyl sites for hydroxylation is 3. The molecule has 0 unspecified atom stereocenters. The van der Waals surface area contributed by atoms with Crippen molar-refractivity contribution in [2.24, 2.45) is 0 Å². The van der Waals surface area contributed by atoms with E-state index in [9.17, 15) is 9.59 Å². The van der Waals surface area contributed by atoms with Crippen LogP contribution in [-0.4, -0.2) is 24.1 Å². The minimum atomic E-state index is -0.117. The van der Waals surface area contributed by atoms with Gasteiger partial charge in [0.15, 0.2) is 0 Å². The summed E-state index contributed by atoms with van der Waals surface area (Å²) in [6.45, 7) is 6.34. The zero-order valence-electron chi connectivity index (χ0n) is 15.2. The third-order valence-corrected chi connectivity index (χ3v) is 5.50. The normalized spacial score (nSPS) is 10.5. The zero-order valence-corrected chi connectivity index (χ0v) is 17.6. The second-order valence-corrected chi connectivity index (χ2v) is 8.10. The summed E-state index contributed by atoms with van der Waals surface area (Å²) < 4.78 is 0.912. The molecule has 0 fully saturated rings. The van der Waals surface area contributed by atoms with Crippen molar-refractivity contribution in [3.63, 3.8) is 0 Å². The maximum Gasteiger partial charge on any atom is 0.230 e. The fourth-order valence-corrected chi connectivity index (χ4v) is 3.63. The van der Waals surface area contributed by atoms with Crippen LogP contribution in [-0.2, 0) is 9.59 Å². The van der Waals surface area contributed by atoms with Crippen molar-refractivity contribution < 1.29 is 9.59 Å². The van der Waals surface area contributed by atoms with Crippen molar-refractivity contribution in [2.45, 2.75) is 32.1 Å². The number of hydrogen-bond donors (Lipinski definition) is 2. The summed E-state index contributed by atoms with van der Waals surface area (Å²) in [6, 6.07) is 11.9. The lowest BCUT2D eigenvalue weighted by atomic mass is 10.2. The van der Waals surface area contributed by atoms with E-state index in [2.05, 4.69) is 44.8 Å². The number of anilines is 1. The Balaban J connectivity index is 1.73. The second-order valence-electron chi connectivity index (χ2n) is 6.16. The molecule has 0 atom stereocenters. The van der Waals surface area contributed by atoms with E-state index in [-0.39, 0.29) is 18.2 Å². The maximum atomic E-state index is 12.0. The van der Waals surface area contributed by atoms with Crippen LogP contribution in [0.15, 0.2) is 45.8 Å². The van der Waals surface area contributed by atoms with Crippen LogP contribution in [0.25, 0.3) is 0 Å². The van der Waals surface area contributed by atoms with Gasteiger partial charge < -0.3 is 10.6 Å². The number of rotatable bonds is 7. The molecule has 2 rings (SSSR count). The van der Waals surface area contributed by atoms with Gasteiger partial charge in [0, 0.05) is 28.0 Å². The first-order valence-electron chi connectivity index (χ1n) is 8.38. The Kier molecular flexibility index (Phi) is 7.72. The number of halogens is 1. The molecule has 2 N–H and O–H groups in total. The van der Waals surface area contributed by atoms with E-state index in [1.54, 1.807) is 0 Å². The van der Waals surface area contributed by atoms with Crippen LogP contribution >= 0.6 is 27.7 Å². The van der Waals surface area contributed by atoms with Gasteiger partial charge >= 0.3 is 0 Å². The molecule has 0 aliphatic rings. The SMILES string of the molecule is Cc1ccc(C)c(SCC(=O)NCCC(=O)Nc2cc(Br)ccc2C)c1. The van der Waals surface area contributed by atoms with Crippen LogP contribution in [0, 0.1) is 20.8 Å². The average Bonchev–Trinajstić information content (AvgIpc) is 2.59. The van der Waals surface area contributed by atoms with E-state index in [1.165, 1.54) is 17.3 Å². The molecule has 6 heteroatoms. The van der Waals surface area contributed by atoms with Crippen LogP contribution < -0.4 is 10.6 Å². The Bertz CT molecular complexity index is 808. The summed E-state index contributed by atoms with van der Waals surface area (Å²) in [5.74, 6) is 0.160. The maximum absolute atomic E-state index is 12.0. The summed E-state index contributed by atoms with van der Waals surface area (Å²) in [4.78, 5) is 25.1. The lowest BCUT2D eigenvalue weighted by Crippen LogP contribution is -2.29. The van der Waals surface area contributed by atoms with Gasteiger partial charge in [-0.1, -0.05) is 39.7 Å². The van der Waals surface area contributed by atoms with Crippen LogP contribution in [0.2, 0.25) is 0 Å². The zero-order chi connectivity index (χ0) is 19.1. The standard InChI is InChI=1S/C20H23BrN2O2S/c1-13-4-5-15(3)18(10-13)26-12-20(25)22-9-8-19(24)23-17-11-16(21)7-6-14(17)2/h4-7,10-11H,8-9,12H2,1-3H3,(H,22,25)(H,23,24). The molecule has 26 heavy (non-hydrogen) atoms. The fraction of sp³-hybridized carbons (Fsp3) is 0.300. The van der Waals surface area contributed by atoms with Gasteiger partial charge in [0.1, 0.15) is 0 Å². The first-order chi connectivity index (χ1) is 12.3. The molecular formula is C20H23BrN2O2S. The Morgan fingerprint density at radius 1 is 1.00 bits per heavy atom. The van der Waals surface area contributed by atoms with Gasteiger partial charge in [0.2, 0.25) is 11.8 Å². The predicted molar refractivity (Wildman–Crippen MR) is 112 cm³/mol. The Labute approximate surface area is 167 Å². The highest BCUT2D eigenvalue weighted by Gasteiger charge is 2.08. The number of nitrogens with one attached hydrogen (secondary N) is 2. The lowest BCUT2D eigenvalue weighted by Gasteiger charge is -2.10. The largest absolute Gasteiger partial charge is 0.355 e. The number of hydrogen-bond acceptors (Lipinski definition) is 3. The molecule has 0 aliphatic heterocycles. The molecular weight excluding hydrogens is 412 g/mol. The quantitative estimate of drug-likeness (QED) is 0.625. The number of benzene rings is 2. The van der Waals surface area contributed by atoms with Crippen molar-refractivity contribution in [1.29, 1.82) is 0 Å². The second kappa shape index (κ2) is 9.78. The summed E-state index contributed by atoms with van der Waals surface area (Å²) in [5, 5.41) is 5.67. The van der Waals surface area contributed by atoms with Crippen LogP contribution in [0.5, 0.6) is 0 Å². The molecule has 2 aromatic rings. The Morgan fingerprint density at radius 3 is 2.50 bits per heavy atom. The molecule has 0 saturated heterocycles. The first kappa shape index (κ1) is 20.5. The van der Waals surface area contributed by atoms with Gasteiger partial charge in [0.25, 0.3) is 0 Å². The van der Waals surface area contributed by atoms with Gasteiger partial charge in [-0.25, -0.2) is 0 Å². The molecule has 0 spiro atoms. The van der Waals surface area contributed by atoms with Crippen molar-refractivity contribution in [1.82, 2.24) is 5.32 Å². The molecule has 0 heterocycles. The monoisotopic (exact) mass is 434 g/mol. The molecule has 2 amide bonds. The van der Waals surface area contributed by atoms with Crippen LogP contribution in [0.4, 0.5) is 5.69 Å². The molecule has 0 aliphatic carbocycles. The minimum absolute atomic E-state index is 0.0673. The van der Waals surface area contributed by atoms with Crippen molar-refractivity contribution in [3.05, 3.63) is 57.6 Å². The first-order valence-corrected chi connectivity index (χ1v) is 10.2. The molecule has 2 aromatic carbocycles. The lowest BCUT2D eigenvalue weighted by molar-refractivity contribution is -0.119. The third-order valence-electron chi connectivity index (χ3n) is 3.85. The molecule has 138 valence electrons. The smallest absolute Gasteiger partial charge is 0.230 e. The van der Waals surface area contributed by atoms with E-state index in [0.29, 0.717) is 12.3 Å². The van der Waals surface area contributed by atoms with E-state index in [4.69, 9.17) is 0 Å². The number of amides is 2. The van der Waals surface area contributed by atoms with Gasteiger partial charge in [-0.2, -0.15) is 0 Å². The van der Waals surface area contributed by atoms with Gasteiger partial charge in [0.05, 0.1) is 5.75 Å². The Morgan fingerprint density at radius 2 is 1.73 bits per heavy atom. The van der Waals surface area contributed by atoms with Gasteiger partial charge in [-0.15, -0.1) is 11.8 Å². The van der Waals surface area contributed by atoms with E-state index in [0.717, 1.165) is 26.2 Å². The topological polar surface area (TPSA) is 58.2 Å². The average molecular weight is 435 g/mol. The molecule has 0 saturated carbocycles. The third kappa shape index (κ3) is 6.50. The van der Waals surface area contributed by atoms with Gasteiger partial charge in [-0.3, -0.25) is 9.59 Å². The van der Waals surface area contributed by atoms with Crippen LogP contribution in [0.1, 0.15) is 23.1 Å². The predicted octanol–water partition coefficient (Wildman–Crippen LogP) is 4.61. The van der Waals surface area contributed by atoms with Crippen molar-refractivity contribution in [3.8, 4) is 0 Å². The summed E-state index contributed by atoms with van der Waals surface area (Å²) in [7, 11) is 0. The highest BCUT2D eigenvalue weighted by Crippen LogP contribution is 2.23. The number of thioether (sulfide) groups is 1. The highest BCUT2D eigenvalue weighted by atomic mass is 79.9. The highest BCUT2D eigenvalue weighted by molar-refractivity contribution is 9.10. The molecule has 4 nitrogen and oxygen atoms in total. The fourth-order valence-electron chi connectivity index (χ4n) is 2.31. The molecule has 0 radical (unpaired) electrons. The number of carbonyl (C=O) groups is 2. The number of carbonyl (C=O) groups excluding carboxylic acids is 2. The molecule has 0 bridgehead atoms. The van der Waals surface area contributed by atoms with Gasteiger partial charge in [-0.05, 0) is 50.1 Å². The van der Waals surface area contributed by atoms with Crippen molar-refractivity contribution in [2.75, 3.05) is 17.6 Å². The van der Waals surface area contributed by atoms with Crippen molar-refractivity contribution >= 4 is 45.2 Å². The van der Waals surface area contributed by atoms with E-state index in [1.807, 2.05) is 39.0 Å².